The first-order valence-electron chi connectivity index (χ1n) is 8.66. The number of hydrogen-bond acceptors (Lipinski definition) is 3. The summed E-state index contributed by atoms with van der Waals surface area (Å²) >= 11 is 0. The highest BCUT2D eigenvalue weighted by Gasteiger charge is 2.21. The first kappa shape index (κ1) is 17.4. The molecule has 0 N–H and O–H groups in total. The molecule has 0 aliphatic carbocycles. The van der Waals surface area contributed by atoms with Crippen LogP contribution in [-0.4, -0.2) is 24.5 Å². The van der Waals surface area contributed by atoms with Gasteiger partial charge in [0.15, 0.2) is 5.82 Å². The summed E-state index contributed by atoms with van der Waals surface area (Å²) in [5, 5.41) is 9.17. The Morgan fingerprint density at radius 3 is 1.84 bits per heavy atom. The zero-order chi connectivity index (χ0) is 18.5. The van der Waals surface area contributed by atoms with Gasteiger partial charge in [-0.25, -0.2) is 4.98 Å². The molecule has 132 valence electrons. The fourth-order valence-electron chi connectivity index (χ4n) is 3.67. The summed E-state index contributed by atoms with van der Waals surface area (Å²) in [6.45, 7) is 13.2. The van der Waals surface area contributed by atoms with E-state index in [-0.39, 0.29) is 0 Å². The van der Waals surface area contributed by atoms with E-state index in [2.05, 4.69) is 51.6 Å². The van der Waals surface area contributed by atoms with Gasteiger partial charge in [-0.2, -0.15) is 10.2 Å². The maximum Gasteiger partial charge on any atom is 0.156 e. The number of nitrogens with zero attached hydrogens (tertiary/aromatic N) is 5. The summed E-state index contributed by atoms with van der Waals surface area (Å²) in [4.78, 5) is 4.34. The van der Waals surface area contributed by atoms with Gasteiger partial charge in [0.05, 0.1) is 17.8 Å². The van der Waals surface area contributed by atoms with Crippen LogP contribution in [0.25, 0.3) is 11.3 Å². The summed E-state index contributed by atoms with van der Waals surface area (Å²) in [5.74, 6) is 0.806. The molecule has 3 rings (SSSR count). The predicted molar refractivity (Wildman–Crippen MR) is 101 cm³/mol. The summed E-state index contributed by atoms with van der Waals surface area (Å²) in [6.07, 6.45) is 2.39. The molecule has 0 unspecified atom stereocenters. The number of benzene rings is 1. The van der Waals surface area contributed by atoms with Gasteiger partial charge in [0.2, 0.25) is 0 Å². The Bertz CT molecular complexity index is 930. The second-order valence-electron chi connectivity index (χ2n) is 7.06. The van der Waals surface area contributed by atoms with Crippen molar-refractivity contribution in [2.75, 3.05) is 0 Å². The molecule has 0 saturated carbocycles. The van der Waals surface area contributed by atoms with Gasteiger partial charge in [-0.05, 0) is 74.9 Å². The Hall–Kier alpha value is -2.43. The lowest BCUT2D eigenvalue weighted by molar-refractivity contribution is 0.731. The fraction of sp³-hybridized carbons (Fsp3) is 0.450. The SMILES string of the molecule is Cc1c(C)c(C)c(-c2c(C)c(Cc3ncn(C)n3)nn2C)c(C)c1C. The first-order valence-corrected chi connectivity index (χ1v) is 8.66. The van der Waals surface area contributed by atoms with Crippen molar-refractivity contribution in [3.8, 4) is 11.3 Å². The van der Waals surface area contributed by atoms with Crippen molar-refractivity contribution in [3.63, 3.8) is 0 Å². The van der Waals surface area contributed by atoms with Gasteiger partial charge in [-0.1, -0.05) is 0 Å². The molecule has 0 atom stereocenters. The standard InChI is InChI=1S/C20H27N5/c1-11-12(2)14(4)19(15(5)13(11)3)20-16(6)17(22-25(20)8)9-18-21-10-24(7)23-18/h10H,9H2,1-8H3. The van der Waals surface area contributed by atoms with Crippen LogP contribution in [-0.2, 0) is 20.5 Å². The van der Waals surface area contributed by atoms with Gasteiger partial charge < -0.3 is 0 Å². The van der Waals surface area contributed by atoms with Crippen molar-refractivity contribution in [1.29, 1.82) is 0 Å². The van der Waals surface area contributed by atoms with Crippen molar-refractivity contribution >= 4 is 0 Å². The summed E-state index contributed by atoms with van der Waals surface area (Å²) in [6, 6.07) is 0. The van der Waals surface area contributed by atoms with Gasteiger partial charge >= 0.3 is 0 Å². The predicted octanol–water partition coefficient (Wildman–Crippen LogP) is 3.66. The molecule has 5 heteroatoms. The van der Waals surface area contributed by atoms with Crippen LogP contribution < -0.4 is 0 Å². The molecule has 2 aromatic heterocycles. The van der Waals surface area contributed by atoms with Crippen molar-refractivity contribution in [1.82, 2.24) is 24.5 Å². The minimum atomic E-state index is 0.655. The molecular weight excluding hydrogens is 310 g/mol. The highest BCUT2D eigenvalue weighted by molar-refractivity contribution is 5.75. The van der Waals surface area contributed by atoms with E-state index in [4.69, 9.17) is 5.10 Å². The van der Waals surface area contributed by atoms with Crippen molar-refractivity contribution in [3.05, 3.63) is 51.2 Å². The lowest BCUT2D eigenvalue weighted by Crippen LogP contribution is -2.03. The quantitative estimate of drug-likeness (QED) is 0.733. The van der Waals surface area contributed by atoms with Crippen LogP contribution >= 0.6 is 0 Å². The zero-order valence-electron chi connectivity index (χ0n) is 16.5. The minimum Gasteiger partial charge on any atom is -0.267 e. The van der Waals surface area contributed by atoms with Crippen LogP contribution in [0.5, 0.6) is 0 Å². The zero-order valence-corrected chi connectivity index (χ0v) is 16.5. The van der Waals surface area contributed by atoms with Gasteiger partial charge in [-0.15, -0.1) is 0 Å². The molecule has 0 fully saturated rings. The van der Waals surface area contributed by atoms with E-state index in [9.17, 15) is 0 Å². The molecule has 2 heterocycles. The van der Waals surface area contributed by atoms with Crippen LogP contribution in [0, 0.1) is 41.5 Å². The molecule has 5 nitrogen and oxygen atoms in total. The number of aryl methyl sites for hydroxylation is 2. The molecule has 3 aromatic rings. The molecular formula is C20H27N5. The van der Waals surface area contributed by atoms with E-state index in [1.807, 2.05) is 18.8 Å². The smallest absolute Gasteiger partial charge is 0.156 e. The van der Waals surface area contributed by atoms with Crippen LogP contribution in [0.3, 0.4) is 0 Å². The lowest BCUT2D eigenvalue weighted by Gasteiger charge is -2.19. The largest absolute Gasteiger partial charge is 0.267 e. The Kier molecular flexibility index (Phi) is 4.27. The van der Waals surface area contributed by atoms with E-state index in [1.54, 1.807) is 11.0 Å². The van der Waals surface area contributed by atoms with E-state index < -0.39 is 0 Å². The maximum absolute atomic E-state index is 4.78. The Balaban J connectivity index is 2.17. The molecule has 0 bridgehead atoms. The van der Waals surface area contributed by atoms with Gasteiger partial charge in [0.25, 0.3) is 0 Å². The van der Waals surface area contributed by atoms with Crippen molar-refractivity contribution < 1.29 is 0 Å². The molecule has 0 radical (unpaired) electrons. The fourth-order valence-corrected chi connectivity index (χ4v) is 3.67. The summed E-state index contributed by atoms with van der Waals surface area (Å²) in [7, 11) is 3.92. The second-order valence-corrected chi connectivity index (χ2v) is 7.06. The van der Waals surface area contributed by atoms with E-state index in [0.29, 0.717) is 6.42 Å². The monoisotopic (exact) mass is 337 g/mol. The number of rotatable bonds is 3. The van der Waals surface area contributed by atoms with Crippen LogP contribution in [0.4, 0.5) is 0 Å². The molecule has 1 aromatic carbocycles. The van der Waals surface area contributed by atoms with Crippen LogP contribution in [0.15, 0.2) is 6.33 Å². The maximum atomic E-state index is 4.78. The highest BCUT2D eigenvalue weighted by atomic mass is 15.3. The van der Waals surface area contributed by atoms with Crippen molar-refractivity contribution in [2.24, 2.45) is 14.1 Å². The second kappa shape index (κ2) is 6.14. The van der Waals surface area contributed by atoms with E-state index in [0.717, 1.165) is 11.5 Å². The topological polar surface area (TPSA) is 48.5 Å². The minimum absolute atomic E-state index is 0.655. The van der Waals surface area contributed by atoms with Gasteiger partial charge in [0, 0.05) is 19.7 Å². The first-order chi connectivity index (χ1) is 11.7. The van der Waals surface area contributed by atoms with Crippen LogP contribution in [0.2, 0.25) is 0 Å². The Morgan fingerprint density at radius 1 is 0.760 bits per heavy atom. The highest BCUT2D eigenvalue weighted by Crippen LogP contribution is 2.36. The van der Waals surface area contributed by atoms with E-state index in [1.165, 1.54) is 44.6 Å². The molecule has 0 saturated heterocycles. The van der Waals surface area contributed by atoms with E-state index >= 15 is 0 Å². The molecule has 0 amide bonds. The third-order valence-electron chi connectivity index (χ3n) is 5.59. The summed E-state index contributed by atoms with van der Waals surface area (Å²) in [5.41, 5.74) is 11.6. The lowest BCUT2D eigenvalue weighted by atomic mass is 9.87. The Morgan fingerprint density at radius 2 is 1.32 bits per heavy atom. The Labute approximate surface area is 149 Å². The third-order valence-corrected chi connectivity index (χ3v) is 5.59. The summed E-state index contributed by atoms with van der Waals surface area (Å²) < 4.78 is 3.74. The average molecular weight is 337 g/mol. The number of hydrogen-bond donors (Lipinski definition) is 0. The van der Waals surface area contributed by atoms with Crippen molar-refractivity contribution in [2.45, 2.75) is 48.0 Å². The van der Waals surface area contributed by atoms with Gasteiger partial charge in [-0.3, -0.25) is 9.36 Å². The molecule has 0 aliphatic rings. The molecule has 0 spiro atoms. The molecule has 0 aliphatic heterocycles. The normalized spacial score (nSPS) is 11.4. The van der Waals surface area contributed by atoms with Gasteiger partial charge in [0.1, 0.15) is 6.33 Å². The number of aromatic nitrogens is 5. The third kappa shape index (κ3) is 2.77. The molecule has 25 heavy (non-hydrogen) atoms. The average Bonchev–Trinajstić information content (AvgIpc) is 3.09. The van der Waals surface area contributed by atoms with Crippen LogP contribution in [0.1, 0.15) is 44.9 Å².